The normalized spacial score (nSPS) is 38.1. The molecule has 3 unspecified atom stereocenters. The summed E-state index contributed by atoms with van der Waals surface area (Å²) in [5, 5.41) is 0. The van der Waals surface area contributed by atoms with Crippen molar-refractivity contribution in [1.29, 1.82) is 0 Å². The van der Waals surface area contributed by atoms with Gasteiger partial charge in [-0.15, -0.1) is 0 Å². The Morgan fingerprint density at radius 2 is 2.12 bits per heavy atom. The lowest BCUT2D eigenvalue weighted by atomic mass is 9.74. The number of carbonyl (C=O) groups is 1. The van der Waals surface area contributed by atoms with Crippen molar-refractivity contribution in [2.24, 2.45) is 17.3 Å². The highest BCUT2D eigenvalue weighted by Gasteiger charge is 2.65. The molecule has 3 atom stereocenters. The second kappa shape index (κ2) is 3.86. The average Bonchev–Trinajstić information content (AvgIpc) is 2.62. The van der Waals surface area contributed by atoms with E-state index < -0.39 is 0 Å². The van der Waals surface area contributed by atoms with Crippen LogP contribution in [0.5, 0.6) is 0 Å². The molecule has 2 nitrogen and oxygen atoms in total. The Kier molecular flexibility index (Phi) is 2.87. The SMILES string of the molecule is C=C(C)C(=O)OC12CCC(CC1CC)C2(C)C. The highest BCUT2D eigenvalue weighted by Crippen LogP contribution is 2.65. The molecular weight excluding hydrogens is 212 g/mol. The van der Waals surface area contributed by atoms with E-state index in [-0.39, 0.29) is 17.0 Å². The van der Waals surface area contributed by atoms with E-state index in [2.05, 4.69) is 27.4 Å². The first-order valence-corrected chi connectivity index (χ1v) is 6.74. The first-order valence-electron chi connectivity index (χ1n) is 6.74. The topological polar surface area (TPSA) is 26.3 Å². The lowest BCUT2D eigenvalue weighted by molar-refractivity contribution is -0.170. The standard InChI is InChI=1S/C15H24O2/c1-6-11-9-12-7-8-15(11,14(12,4)5)17-13(16)10(2)3/h11-12H,2,6-9H2,1,3-5H3. The van der Waals surface area contributed by atoms with Crippen molar-refractivity contribution in [1.82, 2.24) is 0 Å². The van der Waals surface area contributed by atoms with E-state index in [0.29, 0.717) is 17.4 Å². The van der Waals surface area contributed by atoms with Crippen LogP contribution in [0, 0.1) is 17.3 Å². The van der Waals surface area contributed by atoms with Crippen molar-refractivity contribution in [3.63, 3.8) is 0 Å². The average molecular weight is 236 g/mol. The molecule has 0 saturated heterocycles. The van der Waals surface area contributed by atoms with Gasteiger partial charge in [0.2, 0.25) is 0 Å². The molecule has 17 heavy (non-hydrogen) atoms. The highest BCUT2D eigenvalue weighted by molar-refractivity contribution is 5.87. The zero-order valence-corrected chi connectivity index (χ0v) is 11.5. The van der Waals surface area contributed by atoms with Crippen LogP contribution in [0.3, 0.4) is 0 Å². The molecule has 0 heterocycles. The van der Waals surface area contributed by atoms with Crippen LogP contribution in [0.4, 0.5) is 0 Å². The Morgan fingerprint density at radius 3 is 2.59 bits per heavy atom. The van der Waals surface area contributed by atoms with Gasteiger partial charge >= 0.3 is 5.97 Å². The Morgan fingerprint density at radius 1 is 1.47 bits per heavy atom. The Labute approximate surface area is 104 Å². The number of hydrogen-bond donors (Lipinski definition) is 0. The van der Waals surface area contributed by atoms with E-state index in [0.717, 1.165) is 12.8 Å². The summed E-state index contributed by atoms with van der Waals surface area (Å²) in [7, 11) is 0. The van der Waals surface area contributed by atoms with Gasteiger partial charge in [-0.1, -0.05) is 27.4 Å². The first-order chi connectivity index (χ1) is 7.85. The largest absolute Gasteiger partial charge is 0.455 e. The van der Waals surface area contributed by atoms with Gasteiger partial charge in [0, 0.05) is 11.0 Å². The summed E-state index contributed by atoms with van der Waals surface area (Å²) in [5.41, 5.74) is 0.404. The lowest BCUT2D eigenvalue weighted by Crippen LogP contribution is -2.47. The van der Waals surface area contributed by atoms with Crippen molar-refractivity contribution in [2.75, 3.05) is 0 Å². The summed E-state index contributed by atoms with van der Waals surface area (Å²) in [6.07, 6.45) is 4.55. The van der Waals surface area contributed by atoms with Crippen LogP contribution >= 0.6 is 0 Å². The molecule has 0 aliphatic heterocycles. The molecule has 0 aromatic carbocycles. The fraction of sp³-hybridized carbons (Fsp3) is 0.800. The minimum Gasteiger partial charge on any atom is -0.455 e. The monoisotopic (exact) mass is 236 g/mol. The van der Waals surface area contributed by atoms with Crippen LogP contribution in [0.2, 0.25) is 0 Å². The van der Waals surface area contributed by atoms with E-state index in [1.165, 1.54) is 12.8 Å². The lowest BCUT2D eigenvalue weighted by Gasteiger charge is -2.41. The maximum atomic E-state index is 11.9. The zero-order chi connectivity index (χ0) is 12.8. The van der Waals surface area contributed by atoms with Crippen molar-refractivity contribution in [3.8, 4) is 0 Å². The van der Waals surface area contributed by atoms with Gasteiger partial charge in [-0.3, -0.25) is 0 Å². The molecule has 0 N–H and O–H groups in total. The van der Waals surface area contributed by atoms with Crippen LogP contribution in [-0.2, 0) is 9.53 Å². The number of rotatable bonds is 3. The second-order valence-electron chi connectivity index (χ2n) is 6.36. The fourth-order valence-corrected chi connectivity index (χ4v) is 4.11. The van der Waals surface area contributed by atoms with Gasteiger partial charge in [-0.25, -0.2) is 4.79 Å². The summed E-state index contributed by atoms with van der Waals surface area (Å²) in [5.74, 6) is 1.03. The van der Waals surface area contributed by atoms with Crippen LogP contribution < -0.4 is 0 Å². The molecule has 2 bridgehead atoms. The number of carbonyl (C=O) groups excluding carboxylic acids is 1. The Balaban J connectivity index is 2.31. The van der Waals surface area contributed by atoms with E-state index in [1.54, 1.807) is 6.92 Å². The molecule has 0 spiro atoms. The second-order valence-corrected chi connectivity index (χ2v) is 6.36. The molecule has 2 aliphatic carbocycles. The summed E-state index contributed by atoms with van der Waals surface area (Å²) in [4.78, 5) is 11.9. The van der Waals surface area contributed by atoms with Gasteiger partial charge in [0.15, 0.2) is 0 Å². The molecule has 0 radical (unpaired) electrons. The Bertz CT molecular complexity index is 356. The summed E-state index contributed by atoms with van der Waals surface area (Å²) < 4.78 is 5.93. The number of ether oxygens (including phenoxy) is 1. The molecule has 2 saturated carbocycles. The Hall–Kier alpha value is -0.790. The van der Waals surface area contributed by atoms with Crippen LogP contribution in [0.25, 0.3) is 0 Å². The third-order valence-electron chi connectivity index (χ3n) is 5.32. The third-order valence-corrected chi connectivity index (χ3v) is 5.32. The minimum atomic E-state index is -0.234. The molecule has 2 aliphatic rings. The van der Waals surface area contributed by atoms with E-state index in [4.69, 9.17) is 4.74 Å². The number of fused-ring (bicyclic) bond motifs is 2. The molecule has 0 aromatic rings. The van der Waals surface area contributed by atoms with Crippen molar-refractivity contribution < 1.29 is 9.53 Å². The highest BCUT2D eigenvalue weighted by atomic mass is 16.6. The van der Waals surface area contributed by atoms with Gasteiger partial charge in [-0.2, -0.15) is 0 Å². The predicted molar refractivity (Wildman–Crippen MR) is 68.5 cm³/mol. The molecule has 0 aromatic heterocycles. The molecule has 2 fully saturated rings. The smallest absolute Gasteiger partial charge is 0.333 e. The van der Waals surface area contributed by atoms with Crippen molar-refractivity contribution in [3.05, 3.63) is 12.2 Å². The number of esters is 1. The number of hydrogen-bond acceptors (Lipinski definition) is 2. The van der Waals surface area contributed by atoms with Gasteiger partial charge in [0.1, 0.15) is 5.60 Å². The van der Waals surface area contributed by atoms with Crippen molar-refractivity contribution >= 4 is 5.97 Å². The quantitative estimate of drug-likeness (QED) is 0.551. The third kappa shape index (κ3) is 1.56. The van der Waals surface area contributed by atoms with Crippen LogP contribution in [0.1, 0.15) is 53.4 Å². The fourth-order valence-electron chi connectivity index (χ4n) is 4.11. The molecule has 0 amide bonds. The van der Waals surface area contributed by atoms with Gasteiger partial charge in [0.05, 0.1) is 0 Å². The minimum absolute atomic E-state index is 0.124. The molecule has 2 heteroatoms. The van der Waals surface area contributed by atoms with E-state index in [9.17, 15) is 4.79 Å². The van der Waals surface area contributed by atoms with Crippen molar-refractivity contribution in [2.45, 2.75) is 59.0 Å². The zero-order valence-electron chi connectivity index (χ0n) is 11.5. The van der Waals surface area contributed by atoms with E-state index >= 15 is 0 Å². The van der Waals surface area contributed by atoms with Gasteiger partial charge in [0.25, 0.3) is 0 Å². The van der Waals surface area contributed by atoms with Gasteiger partial charge in [-0.05, 0) is 44.4 Å². The summed E-state index contributed by atoms with van der Waals surface area (Å²) >= 11 is 0. The van der Waals surface area contributed by atoms with E-state index in [1.807, 2.05) is 0 Å². The maximum absolute atomic E-state index is 11.9. The molecule has 2 rings (SSSR count). The molecule has 96 valence electrons. The maximum Gasteiger partial charge on any atom is 0.333 e. The van der Waals surface area contributed by atoms with Crippen LogP contribution in [0.15, 0.2) is 12.2 Å². The van der Waals surface area contributed by atoms with Crippen LogP contribution in [-0.4, -0.2) is 11.6 Å². The summed E-state index contributed by atoms with van der Waals surface area (Å²) in [6.45, 7) is 12.2. The van der Waals surface area contributed by atoms with Gasteiger partial charge < -0.3 is 4.74 Å². The summed E-state index contributed by atoms with van der Waals surface area (Å²) in [6, 6.07) is 0. The predicted octanol–water partition coefficient (Wildman–Crippen LogP) is 3.71. The first kappa shape index (κ1) is 12.7. The molecular formula is C15H24O2.